The highest BCUT2D eigenvalue weighted by Gasteiger charge is 2.32. The van der Waals surface area contributed by atoms with Crippen LogP contribution >= 0.6 is 0 Å². The fourth-order valence-corrected chi connectivity index (χ4v) is 3.48. The molecule has 124 valence electrons. The van der Waals surface area contributed by atoms with Crippen molar-refractivity contribution < 1.29 is 9.53 Å². The second kappa shape index (κ2) is 9.45. The van der Waals surface area contributed by atoms with Crippen LogP contribution in [-0.4, -0.2) is 36.6 Å². The van der Waals surface area contributed by atoms with Crippen molar-refractivity contribution in [3.8, 4) is 0 Å². The number of carbonyl (C=O) groups is 1. The Morgan fingerprint density at radius 1 is 1.19 bits per heavy atom. The van der Waals surface area contributed by atoms with Gasteiger partial charge in [-0.15, -0.1) is 0 Å². The Hall–Kier alpha value is -0.570. The zero-order valence-electron chi connectivity index (χ0n) is 14.7. The van der Waals surface area contributed by atoms with Crippen LogP contribution in [0.3, 0.4) is 0 Å². The van der Waals surface area contributed by atoms with Gasteiger partial charge < -0.3 is 9.64 Å². The number of nitrogens with zero attached hydrogens (tertiary/aromatic N) is 1. The molecule has 0 unspecified atom stereocenters. The summed E-state index contributed by atoms with van der Waals surface area (Å²) in [5, 5.41) is 0. The lowest BCUT2D eigenvalue weighted by Crippen LogP contribution is -2.40. The largest absolute Gasteiger partial charge is 0.368 e. The molecule has 0 saturated heterocycles. The zero-order chi connectivity index (χ0) is 15.8. The number of amides is 1. The molecule has 3 heteroatoms. The molecule has 0 aromatic rings. The smallest absolute Gasteiger partial charge is 0.248 e. The van der Waals surface area contributed by atoms with Crippen molar-refractivity contribution in [3.05, 3.63) is 0 Å². The van der Waals surface area contributed by atoms with Gasteiger partial charge in [0.25, 0.3) is 0 Å². The van der Waals surface area contributed by atoms with Crippen LogP contribution in [0.5, 0.6) is 0 Å². The number of ether oxygens (including phenoxy) is 1. The second-order valence-electron chi connectivity index (χ2n) is 7.06. The van der Waals surface area contributed by atoms with E-state index in [1.54, 1.807) is 0 Å². The van der Waals surface area contributed by atoms with E-state index in [9.17, 15) is 4.79 Å². The van der Waals surface area contributed by atoms with Crippen molar-refractivity contribution in [1.82, 2.24) is 4.90 Å². The van der Waals surface area contributed by atoms with E-state index in [2.05, 4.69) is 34.6 Å². The number of hydrogen-bond acceptors (Lipinski definition) is 2. The van der Waals surface area contributed by atoms with E-state index in [0.29, 0.717) is 11.8 Å². The van der Waals surface area contributed by atoms with Gasteiger partial charge in [-0.1, -0.05) is 41.0 Å². The van der Waals surface area contributed by atoms with Gasteiger partial charge in [0.2, 0.25) is 5.91 Å². The summed E-state index contributed by atoms with van der Waals surface area (Å²) in [5.74, 6) is 2.14. The molecule has 0 N–H and O–H groups in total. The zero-order valence-corrected chi connectivity index (χ0v) is 14.7. The molecule has 1 saturated carbocycles. The molecule has 1 fully saturated rings. The average molecular weight is 297 g/mol. The molecule has 0 heterocycles. The third kappa shape index (κ3) is 5.98. The Balaban J connectivity index is 2.51. The Bertz CT molecular complexity index is 298. The Kier molecular flexibility index (Phi) is 8.31. The normalized spacial score (nSPS) is 26.1. The highest BCUT2D eigenvalue weighted by molar-refractivity contribution is 5.77. The molecule has 1 rings (SSSR count). The quantitative estimate of drug-likeness (QED) is 0.674. The molecule has 0 aliphatic heterocycles. The van der Waals surface area contributed by atoms with Crippen molar-refractivity contribution in [3.63, 3.8) is 0 Å². The van der Waals surface area contributed by atoms with Crippen molar-refractivity contribution >= 4 is 5.91 Å². The molecule has 3 nitrogen and oxygen atoms in total. The van der Waals surface area contributed by atoms with Crippen LogP contribution < -0.4 is 0 Å². The van der Waals surface area contributed by atoms with E-state index in [4.69, 9.17) is 4.74 Å². The Morgan fingerprint density at radius 3 is 2.33 bits per heavy atom. The summed E-state index contributed by atoms with van der Waals surface area (Å²) in [4.78, 5) is 14.3. The van der Waals surface area contributed by atoms with Crippen LogP contribution in [0, 0.1) is 17.8 Å². The third-order valence-electron chi connectivity index (χ3n) is 4.72. The van der Waals surface area contributed by atoms with Crippen molar-refractivity contribution in [1.29, 1.82) is 0 Å². The molecule has 1 amide bonds. The fraction of sp³-hybridized carbons (Fsp3) is 0.944. The van der Waals surface area contributed by atoms with Gasteiger partial charge in [0, 0.05) is 13.1 Å². The van der Waals surface area contributed by atoms with Crippen LogP contribution in [0.25, 0.3) is 0 Å². The molecule has 0 aromatic heterocycles. The molecular weight excluding hydrogens is 262 g/mol. The SMILES string of the molecule is CCCN(CCC)C(=O)CO[C@@H]1C[C@H](C)CC[C@H]1C(C)C. The minimum atomic E-state index is 0.166. The number of rotatable bonds is 8. The predicted molar refractivity (Wildman–Crippen MR) is 88.2 cm³/mol. The Morgan fingerprint density at radius 2 is 1.81 bits per heavy atom. The molecule has 3 atom stereocenters. The average Bonchev–Trinajstić information content (AvgIpc) is 2.44. The summed E-state index contributed by atoms with van der Waals surface area (Å²) >= 11 is 0. The van der Waals surface area contributed by atoms with Gasteiger partial charge in [-0.05, 0) is 43.4 Å². The molecule has 1 aliphatic rings. The van der Waals surface area contributed by atoms with Crippen molar-refractivity contribution in [2.45, 2.75) is 72.8 Å². The first-order chi connectivity index (χ1) is 9.99. The van der Waals surface area contributed by atoms with Gasteiger partial charge in [-0.3, -0.25) is 4.79 Å². The predicted octanol–water partition coefficient (Wildman–Crippen LogP) is 4.11. The minimum Gasteiger partial charge on any atom is -0.368 e. The summed E-state index contributed by atoms with van der Waals surface area (Å²) < 4.78 is 6.07. The van der Waals surface area contributed by atoms with E-state index < -0.39 is 0 Å². The summed E-state index contributed by atoms with van der Waals surface area (Å²) in [6, 6.07) is 0. The van der Waals surface area contributed by atoms with Crippen LogP contribution in [0.4, 0.5) is 0 Å². The maximum absolute atomic E-state index is 12.3. The van der Waals surface area contributed by atoms with E-state index >= 15 is 0 Å². The summed E-state index contributed by atoms with van der Waals surface area (Å²) in [6.07, 6.45) is 5.95. The monoisotopic (exact) mass is 297 g/mol. The van der Waals surface area contributed by atoms with E-state index in [1.807, 2.05) is 4.90 Å². The van der Waals surface area contributed by atoms with Gasteiger partial charge in [0.1, 0.15) is 6.61 Å². The molecule has 0 bridgehead atoms. The molecule has 0 aromatic carbocycles. The van der Waals surface area contributed by atoms with Crippen LogP contribution in [-0.2, 0) is 9.53 Å². The van der Waals surface area contributed by atoms with E-state index in [1.165, 1.54) is 12.8 Å². The maximum Gasteiger partial charge on any atom is 0.248 e. The molecule has 1 aliphatic carbocycles. The lowest BCUT2D eigenvalue weighted by Gasteiger charge is -2.37. The van der Waals surface area contributed by atoms with Gasteiger partial charge in [-0.25, -0.2) is 0 Å². The highest BCUT2D eigenvalue weighted by atomic mass is 16.5. The standard InChI is InChI=1S/C18H35NO2/c1-6-10-19(11-7-2)18(20)13-21-17-12-15(5)8-9-16(17)14(3)4/h14-17H,6-13H2,1-5H3/t15-,16+,17-/m1/s1. The van der Waals surface area contributed by atoms with Gasteiger partial charge >= 0.3 is 0 Å². The van der Waals surface area contributed by atoms with Gasteiger partial charge in [0.15, 0.2) is 0 Å². The minimum absolute atomic E-state index is 0.166. The highest BCUT2D eigenvalue weighted by Crippen LogP contribution is 2.35. The van der Waals surface area contributed by atoms with Crippen molar-refractivity contribution in [2.75, 3.05) is 19.7 Å². The van der Waals surface area contributed by atoms with E-state index in [0.717, 1.165) is 38.3 Å². The second-order valence-corrected chi connectivity index (χ2v) is 7.06. The third-order valence-corrected chi connectivity index (χ3v) is 4.72. The lowest BCUT2D eigenvalue weighted by molar-refractivity contribution is -0.141. The first-order valence-electron chi connectivity index (χ1n) is 8.88. The molecule has 0 radical (unpaired) electrons. The topological polar surface area (TPSA) is 29.5 Å². The molecule has 21 heavy (non-hydrogen) atoms. The number of carbonyl (C=O) groups excluding carboxylic acids is 1. The van der Waals surface area contributed by atoms with Crippen molar-refractivity contribution in [2.24, 2.45) is 17.8 Å². The first kappa shape index (κ1) is 18.5. The number of hydrogen-bond donors (Lipinski definition) is 0. The summed E-state index contributed by atoms with van der Waals surface area (Å²) in [6.45, 7) is 13.1. The molecule has 0 spiro atoms. The van der Waals surface area contributed by atoms with Crippen LogP contribution in [0.2, 0.25) is 0 Å². The van der Waals surface area contributed by atoms with Gasteiger partial charge in [-0.2, -0.15) is 0 Å². The Labute approximate surface area is 131 Å². The summed E-state index contributed by atoms with van der Waals surface area (Å²) in [5.41, 5.74) is 0. The van der Waals surface area contributed by atoms with E-state index in [-0.39, 0.29) is 18.6 Å². The fourth-order valence-electron chi connectivity index (χ4n) is 3.48. The maximum atomic E-state index is 12.3. The van der Waals surface area contributed by atoms with Crippen LogP contribution in [0.1, 0.15) is 66.7 Å². The molecular formula is C18H35NO2. The van der Waals surface area contributed by atoms with Crippen LogP contribution in [0.15, 0.2) is 0 Å². The first-order valence-corrected chi connectivity index (χ1v) is 8.88. The van der Waals surface area contributed by atoms with Gasteiger partial charge in [0.05, 0.1) is 6.10 Å². The lowest BCUT2D eigenvalue weighted by atomic mass is 9.75. The summed E-state index contributed by atoms with van der Waals surface area (Å²) in [7, 11) is 0.